The summed E-state index contributed by atoms with van der Waals surface area (Å²) >= 11 is 0. The summed E-state index contributed by atoms with van der Waals surface area (Å²) in [5.41, 5.74) is 0. The van der Waals surface area contributed by atoms with Gasteiger partial charge in [-0.3, -0.25) is 0 Å². The van der Waals surface area contributed by atoms with Crippen molar-refractivity contribution in [3.63, 3.8) is 0 Å². The first-order chi connectivity index (χ1) is 6.88. The van der Waals surface area contributed by atoms with Crippen LogP contribution in [0.3, 0.4) is 0 Å². The van der Waals surface area contributed by atoms with Crippen molar-refractivity contribution in [2.45, 2.75) is 45.1 Å². The minimum absolute atomic E-state index is 0.878. The Balaban J connectivity index is 1.53. The fourth-order valence-corrected chi connectivity index (χ4v) is 2.33. The molecule has 0 atom stereocenters. The van der Waals surface area contributed by atoms with Crippen LogP contribution >= 0.6 is 0 Å². The Morgan fingerprint density at radius 1 is 1.14 bits per heavy atom. The second kappa shape index (κ2) is 5.13. The van der Waals surface area contributed by atoms with Gasteiger partial charge in [0.15, 0.2) is 0 Å². The average molecular weight is 196 g/mol. The summed E-state index contributed by atoms with van der Waals surface area (Å²) in [6.45, 7) is 7.49. The van der Waals surface area contributed by atoms with Crippen molar-refractivity contribution in [3.05, 3.63) is 0 Å². The van der Waals surface area contributed by atoms with E-state index in [1.807, 2.05) is 0 Å². The van der Waals surface area contributed by atoms with Crippen molar-refractivity contribution >= 4 is 0 Å². The summed E-state index contributed by atoms with van der Waals surface area (Å²) in [6, 6.07) is 0.878. The smallest absolute Gasteiger partial charge is 0.0107 e. The number of piperidine rings is 1. The monoisotopic (exact) mass is 196 g/mol. The highest BCUT2D eigenvalue weighted by molar-refractivity contribution is 4.81. The SMILES string of the molecule is CCC1CCN(CCNC2CC2)CC1. The molecule has 1 saturated carbocycles. The molecule has 1 aliphatic carbocycles. The van der Waals surface area contributed by atoms with Gasteiger partial charge in [-0.25, -0.2) is 0 Å². The first-order valence-corrected chi connectivity index (χ1v) is 6.34. The second-order valence-electron chi connectivity index (χ2n) is 4.92. The molecule has 14 heavy (non-hydrogen) atoms. The molecule has 0 aromatic carbocycles. The Kier molecular flexibility index (Phi) is 3.82. The van der Waals surface area contributed by atoms with E-state index in [-0.39, 0.29) is 0 Å². The van der Waals surface area contributed by atoms with Gasteiger partial charge in [0.2, 0.25) is 0 Å². The van der Waals surface area contributed by atoms with Gasteiger partial charge in [0, 0.05) is 19.1 Å². The van der Waals surface area contributed by atoms with Gasteiger partial charge in [-0.1, -0.05) is 13.3 Å². The molecule has 0 unspecified atom stereocenters. The Hall–Kier alpha value is -0.0800. The maximum Gasteiger partial charge on any atom is 0.0107 e. The molecule has 0 radical (unpaired) electrons. The van der Waals surface area contributed by atoms with Crippen molar-refractivity contribution in [2.24, 2.45) is 5.92 Å². The lowest BCUT2D eigenvalue weighted by Crippen LogP contribution is -2.38. The zero-order chi connectivity index (χ0) is 9.80. The van der Waals surface area contributed by atoms with E-state index < -0.39 is 0 Å². The first-order valence-electron chi connectivity index (χ1n) is 6.34. The van der Waals surface area contributed by atoms with Crippen molar-refractivity contribution < 1.29 is 0 Å². The third-order valence-electron chi connectivity index (χ3n) is 3.72. The van der Waals surface area contributed by atoms with E-state index in [2.05, 4.69) is 17.1 Å². The van der Waals surface area contributed by atoms with Gasteiger partial charge in [0.25, 0.3) is 0 Å². The number of hydrogen-bond donors (Lipinski definition) is 1. The fraction of sp³-hybridized carbons (Fsp3) is 1.00. The van der Waals surface area contributed by atoms with Crippen LogP contribution in [0, 0.1) is 5.92 Å². The normalized spacial score (nSPS) is 25.5. The summed E-state index contributed by atoms with van der Waals surface area (Å²) in [5.74, 6) is 1.02. The number of nitrogens with zero attached hydrogens (tertiary/aromatic N) is 1. The molecule has 0 aromatic rings. The standard InChI is InChI=1S/C12H24N2/c1-2-11-5-8-14(9-6-11)10-7-13-12-3-4-12/h11-13H,2-10H2,1H3. The largest absolute Gasteiger partial charge is 0.313 e. The summed E-state index contributed by atoms with van der Waals surface area (Å²) in [6.07, 6.45) is 7.07. The van der Waals surface area contributed by atoms with Crippen molar-refractivity contribution in [2.75, 3.05) is 26.2 Å². The molecule has 2 rings (SSSR count). The molecule has 0 aromatic heterocycles. The van der Waals surface area contributed by atoms with Crippen molar-refractivity contribution in [3.8, 4) is 0 Å². The molecule has 2 fully saturated rings. The van der Waals surface area contributed by atoms with Crippen LogP contribution in [0.1, 0.15) is 39.0 Å². The predicted molar refractivity (Wildman–Crippen MR) is 60.5 cm³/mol. The highest BCUT2D eigenvalue weighted by Gasteiger charge is 2.21. The third-order valence-corrected chi connectivity index (χ3v) is 3.72. The molecule has 0 bridgehead atoms. The molecule has 0 amide bonds. The van der Waals surface area contributed by atoms with Crippen LogP contribution in [-0.2, 0) is 0 Å². The average Bonchev–Trinajstić information content (AvgIpc) is 3.03. The maximum absolute atomic E-state index is 3.59. The Morgan fingerprint density at radius 3 is 2.43 bits per heavy atom. The highest BCUT2D eigenvalue weighted by atomic mass is 15.1. The van der Waals surface area contributed by atoms with E-state index >= 15 is 0 Å². The number of likely N-dealkylation sites (tertiary alicyclic amines) is 1. The topological polar surface area (TPSA) is 15.3 Å². The molecule has 1 heterocycles. The van der Waals surface area contributed by atoms with Gasteiger partial charge >= 0.3 is 0 Å². The van der Waals surface area contributed by atoms with Gasteiger partial charge in [-0.15, -0.1) is 0 Å². The van der Waals surface area contributed by atoms with E-state index in [0.29, 0.717) is 0 Å². The molecule has 1 aliphatic heterocycles. The van der Waals surface area contributed by atoms with E-state index in [1.165, 1.54) is 58.3 Å². The number of hydrogen-bond acceptors (Lipinski definition) is 2. The van der Waals surface area contributed by atoms with E-state index in [1.54, 1.807) is 0 Å². The number of nitrogens with one attached hydrogen (secondary N) is 1. The summed E-state index contributed by atoms with van der Waals surface area (Å²) in [7, 11) is 0. The first kappa shape index (κ1) is 10.4. The van der Waals surface area contributed by atoms with Gasteiger partial charge in [-0.05, 0) is 44.7 Å². The molecule has 0 spiro atoms. The molecule has 2 aliphatic rings. The molecule has 82 valence electrons. The molecular formula is C12H24N2. The van der Waals surface area contributed by atoms with Crippen LogP contribution in [0.5, 0.6) is 0 Å². The van der Waals surface area contributed by atoms with Crippen LogP contribution in [0.15, 0.2) is 0 Å². The lowest BCUT2D eigenvalue weighted by Gasteiger charge is -2.31. The molecule has 2 heteroatoms. The van der Waals surface area contributed by atoms with Crippen LogP contribution < -0.4 is 5.32 Å². The van der Waals surface area contributed by atoms with Crippen molar-refractivity contribution in [1.82, 2.24) is 10.2 Å². The molecular weight excluding hydrogens is 172 g/mol. The minimum Gasteiger partial charge on any atom is -0.313 e. The number of rotatable bonds is 5. The molecule has 2 nitrogen and oxygen atoms in total. The lowest BCUT2D eigenvalue weighted by molar-refractivity contribution is 0.182. The van der Waals surface area contributed by atoms with Gasteiger partial charge in [0.05, 0.1) is 0 Å². The molecule has 1 saturated heterocycles. The Bertz CT molecular complexity index is 158. The Morgan fingerprint density at radius 2 is 1.86 bits per heavy atom. The van der Waals surface area contributed by atoms with E-state index in [9.17, 15) is 0 Å². The predicted octanol–water partition coefficient (Wildman–Crippen LogP) is 1.86. The Labute approximate surface area is 88.1 Å². The summed E-state index contributed by atoms with van der Waals surface area (Å²) < 4.78 is 0. The van der Waals surface area contributed by atoms with Gasteiger partial charge in [0.1, 0.15) is 0 Å². The van der Waals surface area contributed by atoms with Crippen LogP contribution in [-0.4, -0.2) is 37.1 Å². The second-order valence-corrected chi connectivity index (χ2v) is 4.92. The quantitative estimate of drug-likeness (QED) is 0.722. The third kappa shape index (κ3) is 3.25. The zero-order valence-corrected chi connectivity index (χ0v) is 9.47. The fourth-order valence-electron chi connectivity index (χ4n) is 2.33. The van der Waals surface area contributed by atoms with E-state index in [4.69, 9.17) is 0 Å². The highest BCUT2D eigenvalue weighted by Crippen LogP contribution is 2.20. The maximum atomic E-state index is 3.59. The minimum atomic E-state index is 0.878. The zero-order valence-electron chi connectivity index (χ0n) is 9.47. The lowest BCUT2D eigenvalue weighted by atomic mass is 9.94. The van der Waals surface area contributed by atoms with Crippen LogP contribution in [0.2, 0.25) is 0 Å². The van der Waals surface area contributed by atoms with Gasteiger partial charge in [-0.2, -0.15) is 0 Å². The van der Waals surface area contributed by atoms with Crippen molar-refractivity contribution in [1.29, 1.82) is 0 Å². The van der Waals surface area contributed by atoms with E-state index in [0.717, 1.165) is 12.0 Å². The molecule has 1 N–H and O–H groups in total. The van der Waals surface area contributed by atoms with Gasteiger partial charge < -0.3 is 10.2 Å². The summed E-state index contributed by atoms with van der Waals surface area (Å²) in [5, 5.41) is 3.59. The van der Waals surface area contributed by atoms with Crippen LogP contribution in [0.25, 0.3) is 0 Å². The van der Waals surface area contributed by atoms with Crippen LogP contribution in [0.4, 0.5) is 0 Å². The summed E-state index contributed by atoms with van der Waals surface area (Å²) in [4.78, 5) is 2.63.